The van der Waals surface area contributed by atoms with Gasteiger partial charge < -0.3 is 4.74 Å². The lowest BCUT2D eigenvalue weighted by Crippen LogP contribution is -2.30. The second-order valence-corrected chi connectivity index (χ2v) is 5.56. The minimum Gasteiger partial charge on any atom is -0.375 e. The quantitative estimate of drug-likeness (QED) is 0.709. The van der Waals surface area contributed by atoms with Crippen LogP contribution in [0.15, 0.2) is 0 Å². The van der Waals surface area contributed by atoms with Crippen molar-refractivity contribution in [1.82, 2.24) is 0 Å². The second kappa shape index (κ2) is 3.55. The van der Waals surface area contributed by atoms with E-state index in [9.17, 15) is 8.42 Å². The van der Waals surface area contributed by atoms with Crippen LogP contribution in [-0.4, -0.2) is 26.4 Å². The number of ether oxygens (including phenoxy) is 1. The molecule has 4 unspecified atom stereocenters. The molecule has 1 rings (SSSR count). The van der Waals surface area contributed by atoms with Crippen LogP contribution in [0.5, 0.6) is 0 Å². The van der Waals surface area contributed by atoms with E-state index in [1.807, 2.05) is 20.8 Å². The Bertz CT molecular complexity index is 275. The summed E-state index contributed by atoms with van der Waals surface area (Å²) in [5.41, 5.74) is 0. The van der Waals surface area contributed by atoms with Gasteiger partial charge in [0.15, 0.2) is 0 Å². The monoisotopic (exact) mass is 207 g/mol. The molecule has 0 bridgehead atoms. The van der Waals surface area contributed by atoms with Crippen molar-refractivity contribution in [1.29, 1.82) is 0 Å². The van der Waals surface area contributed by atoms with Gasteiger partial charge in [-0.15, -0.1) is 0 Å². The zero-order chi connectivity index (χ0) is 10.2. The Morgan fingerprint density at radius 3 is 2.08 bits per heavy atom. The fourth-order valence-corrected chi connectivity index (χ4v) is 3.01. The molecule has 13 heavy (non-hydrogen) atoms. The van der Waals surface area contributed by atoms with Gasteiger partial charge >= 0.3 is 0 Å². The summed E-state index contributed by atoms with van der Waals surface area (Å²) in [5.74, 6) is 0.318. The van der Waals surface area contributed by atoms with Crippen molar-refractivity contribution in [3.8, 4) is 0 Å². The van der Waals surface area contributed by atoms with Crippen LogP contribution >= 0.6 is 0 Å². The van der Waals surface area contributed by atoms with Crippen LogP contribution in [0.1, 0.15) is 20.8 Å². The molecule has 1 saturated heterocycles. The predicted octanol–water partition coefficient (Wildman–Crippen LogP) is 0.334. The van der Waals surface area contributed by atoms with Crippen LogP contribution in [0.3, 0.4) is 0 Å². The van der Waals surface area contributed by atoms with E-state index in [-0.39, 0.29) is 29.8 Å². The summed E-state index contributed by atoms with van der Waals surface area (Å²) in [5, 5.41) is 5.00. The van der Waals surface area contributed by atoms with Gasteiger partial charge in [0, 0.05) is 5.92 Å². The first kappa shape index (κ1) is 10.9. The number of sulfonamides is 1. The maximum absolute atomic E-state index is 10.9. The van der Waals surface area contributed by atoms with Crippen LogP contribution in [0, 0.1) is 11.8 Å². The topological polar surface area (TPSA) is 69.4 Å². The molecule has 0 spiro atoms. The van der Waals surface area contributed by atoms with E-state index < -0.39 is 10.0 Å². The smallest absolute Gasteiger partial charge is 0.209 e. The van der Waals surface area contributed by atoms with Crippen molar-refractivity contribution in [3.05, 3.63) is 0 Å². The second-order valence-electron chi connectivity index (χ2n) is 3.90. The predicted molar refractivity (Wildman–Crippen MR) is 50.6 cm³/mol. The van der Waals surface area contributed by atoms with Crippen molar-refractivity contribution >= 4 is 10.0 Å². The molecule has 4 atom stereocenters. The van der Waals surface area contributed by atoms with Gasteiger partial charge in [0.2, 0.25) is 10.0 Å². The van der Waals surface area contributed by atoms with E-state index in [2.05, 4.69) is 0 Å². The van der Waals surface area contributed by atoms with Gasteiger partial charge in [0.25, 0.3) is 0 Å². The standard InChI is InChI=1S/C8H17NO3S/c1-5-6(2)12-7(3)8(5)4-13(9,10)11/h5-8H,4H2,1-3H3,(H2,9,10,11). The lowest BCUT2D eigenvalue weighted by Gasteiger charge is -2.16. The van der Waals surface area contributed by atoms with E-state index >= 15 is 0 Å². The lowest BCUT2D eigenvalue weighted by atomic mass is 9.91. The van der Waals surface area contributed by atoms with Crippen LogP contribution in [0.4, 0.5) is 0 Å². The number of hydrogen-bond donors (Lipinski definition) is 1. The van der Waals surface area contributed by atoms with Crippen molar-refractivity contribution in [2.45, 2.75) is 33.0 Å². The highest BCUT2D eigenvalue weighted by Crippen LogP contribution is 2.32. The minimum atomic E-state index is -3.38. The highest BCUT2D eigenvalue weighted by atomic mass is 32.2. The van der Waals surface area contributed by atoms with Gasteiger partial charge in [0.1, 0.15) is 0 Å². The SMILES string of the molecule is CC1OC(C)C(CS(N)(=O)=O)C1C. The van der Waals surface area contributed by atoms with E-state index in [1.165, 1.54) is 0 Å². The molecule has 1 aliphatic heterocycles. The van der Waals surface area contributed by atoms with E-state index in [1.54, 1.807) is 0 Å². The van der Waals surface area contributed by atoms with E-state index in [4.69, 9.17) is 9.88 Å². The average Bonchev–Trinajstić information content (AvgIpc) is 2.14. The van der Waals surface area contributed by atoms with E-state index in [0.717, 1.165) is 0 Å². The Labute approximate surface area is 79.5 Å². The zero-order valence-corrected chi connectivity index (χ0v) is 9.04. The fourth-order valence-electron chi connectivity index (χ4n) is 1.89. The molecule has 78 valence electrons. The van der Waals surface area contributed by atoms with Crippen LogP contribution < -0.4 is 5.14 Å². The van der Waals surface area contributed by atoms with Crippen LogP contribution in [-0.2, 0) is 14.8 Å². The molecule has 0 amide bonds. The Balaban J connectivity index is 2.70. The van der Waals surface area contributed by atoms with Crippen molar-refractivity contribution < 1.29 is 13.2 Å². The number of hydrogen-bond acceptors (Lipinski definition) is 3. The van der Waals surface area contributed by atoms with Gasteiger partial charge in [-0.1, -0.05) is 6.92 Å². The van der Waals surface area contributed by atoms with Gasteiger partial charge in [0.05, 0.1) is 18.0 Å². The molecule has 4 nitrogen and oxygen atoms in total. The Morgan fingerprint density at radius 2 is 1.77 bits per heavy atom. The Kier molecular flexibility index (Phi) is 2.99. The van der Waals surface area contributed by atoms with E-state index in [0.29, 0.717) is 0 Å². The highest BCUT2D eigenvalue weighted by molar-refractivity contribution is 7.89. The maximum Gasteiger partial charge on any atom is 0.209 e. The van der Waals surface area contributed by atoms with Gasteiger partial charge in [-0.2, -0.15) is 0 Å². The van der Waals surface area contributed by atoms with Crippen molar-refractivity contribution in [2.24, 2.45) is 17.0 Å². The highest BCUT2D eigenvalue weighted by Gasteiger charge is 2.38. The normalized spacial score (nSPS) is 40.9. The molecule has 0 radical (unpaired) electrons. The summed E-state index contributed by atoms with van der Waals surface area (Å²) in [6, 6.07) is 0. The van der Waals surface area contributed by atoms with Crippen molar-refractivity contribution in [2.75, 3.05) is 5.75 Å². The molecule has 2 N–H and O–H groups in total. The third kappa shape index (κ3) is 2.65. The number of primary sulfonamides is 1. The van der Waals surface area contributed by atoms with Gasteiger partial charge in [-0.25, -0.2) is 13.6 Å². The number of rotatable bonds is 2. The minimum absolute atomic E-state index is 0.0108. The molecule has 0 aliphatic carbocycles. The molecular formula is C8H17NO3S. The summed E-state index contributed by atoms with van der Waals surface area (Å²) in [7, 11) is -3.38. The molecule has 0 aromatic rings. The largest absolute Gasteiger partial charge is 0.375 e. The Hall–Kier alpha value is -0.130. The first-order valence-corrected chi connectivity index (χ1v) is 6.18. The summed E-state index contributed by atoms with van der Waals surface area (Å²) < 4.78 is 27.3. The maximum atomic E-state index is 10.9. The molecule has 1 heterocycles. The lowest BCUT2D eigenvalue weighted by molar-refractivity contribution is 0.0526. The molecule has 1 fully saturated rings. The molecule has 1 aliphatic rings. The van der Waals surface area contributed by atoms with Crippen LogP contribution in [0.25, 0.3) is 0 Å². The zero-order valence-electron chi connectivity index (χ0n) is 8.23. The summed E-state index contributed by atoms with van der Waals surface area (Å²) >= 11 is 0. The van der Waals surface area contributed by atoms with Crippen LogP contribution in [0.2, 0.25) is 0 Å². The third-order valence-electron chi connectivity index (χ3n) is 2.87. The fraction of sp³-hybridized carbons (Fsp3) is 1.00. The van der Waals surface area contributed by atoms with Gasteiger partial charge in [-0.05, 0) is 19.8 Å². The average molecular weight is 207 g/mol. The molecular weight excluding hydrogens is 190 g/mol. The first-order valence-electron chi connectivity index (χ1n) is 4.47. The molecule has 5 heteroatoms. The summed E-state index contributed by atoms with van der Waals surface area (Å²) in [4.78, 5) is 0. The number of nitrogens with two attached hydrogens (primary N) is 1. The van der Waals surface area contributed by atoms with Crippen molar-refractivity contribution in [3.63, 3.8) is 0 Å². The first-order chi connectivity index (χ1) is 5.81. The molecule has 0 saturated carbocycles. The Morgan fingerprint density at radius 1 is 1.23 bits per heavy atom. The molecule has 0 aromatic carbocycles. The summed E-state index contributed by atoms with van der Waals surface area (Å²) in [6.07, 6.45) is 0.116. The molecule has 0 aromatic heterocycles. The van der Waals surface area contributed by atoms with Gasteiger partial charge in [-0.3, -0.25) is 0 Å². The third-order valence-corrected chi connectivity index (χ3v) is 3.72. The summed E-state index contributed by atoms with van der Waals surface area (Å²) in [6.45, 7) is 5.87.